The van der Waals surface area contributed by atoms with E-state index >= 15 is 0 Å². The van der Waals surface area contributed by atoms with Crippen molar-refractivity contribution in [1.29, 1.82) is 0 Å². The highest BCUT2D eigenvalue weighted by Gasteiger charge is 2.31. The lowest BCUT2D eigenvalue weighted by Gasteiger charge is -2.11. The minimum absolute atomic E-state index is 0.305. The summed E-state index contributed by atoms with van der Waals surface area (Å²) in [6.45, 7) is 1.70. The standard InChI is InChI=1S/C19H14F3N3O4/c1-11-23-24-18(26-11)13-3-2-4-15(9-13)27-17-10-16(29-25-17)12-5-7-14(8-6-12)28-19(20,21)22/h2-10,16,25H,1H3/t16-/m0/s1. The summed E-state index contributed by atoms with van der Waals surface area (Å²) in [5.74, 6) is 1.37. The minimum atomic E-state index is -4.73. The fraction of sp³-hybridized carbons (Fsp3) is 0.158. The molecule has 1 N–H and O–H groups in total. The Labute approximate surface area is 162 Å². The molecule has 0 amide bonds. The zero-order valence-corrected chi connectivity index (χ0v) is 14.9. The van der Waals surface area contributed by atoms with E-state index in [0.717, 1.165) is 0 Å². The largest absolute Gasteiger partial charge is 0.573 e. The molecule has 0 aliphatic carbocycles. The molecule has 10 heteroatoms. The Morgan fingerprint density at radius 2 is 1.83 bits per heavy atom. The van der Waals surface area contributed by atoms with Crippen LogP contribution in [0.4, 0.5) is 13.2 Å². The van der Waals surface area contributed by atoms with Gasteiger partial charge in [-0.05, 0) is 35.9 Å². The van der Waals surface area contributed by atoms with Crippen LogP contribution in [0.3, 0.4) is 0 Å². The predicted octanol–water partition coefficient (Wildman–Crippen LogP) is 4.44. The number of nitrogens with one attached hydrogen (secondary N) is 1. The van der Waals surface area contributed by atoms with E-state index in [1.165, 1.54) is 24.3 Å². The van der Waals surface area contributed by atoms with Crippen molar-refractivity contribution in [1.82, 2.24) is 15.7 Å². The van der Waals surface area contributed by atoms with Gasteiger partial charge >= 0.3 is 6.36 Å². The smallest absolute Gasteiger partial charge is 0.439 e. The summed E-state index contributed by atoms with van der Waals surface area (Å²) in [5, 5.41) is 7.75. The highest BCUT2D eigenvalue weighted by molar-refractivity contribution is 5.55. The van der Waals surface area contributed by atoms with Crippen molar-refractivity contribution in [3.05, 3.63) is 71.9 Å². The molecule has 0 radical (unpaired) electrons. The van der Waals surface area contributed by atoms with E-state index in [0.29, 0.717) is 34.5 Å². The number of rotatable bonds is 5. The van der Waals surface area contributed by atoms with Crippen molar-refractivity contribution in [2.24, 2.45) is 0 Å². The number of hydrogen-bond donors (Lipinski definition) is 1. The first kappa shape index (κ1) is 18.8. The van der Waals surface area contributed by atoms with Crippen molar-refractivity contribution in [3.63, 3.8) is 0 Å². The maximum Gasteiger partial charge on any atom is 0.573 e. The molecule has 0 saturated heterocycles. The first-order chi connectivity index (χ1) is 13.9. The molecule has 0 saturated carbocycles. The number of hydroxylamine groups is 1. The third kappa shape index (κ3) is 4.66. The van der Waals surface area contributed by atoms with Gasteiger partial charge in [0.25, 0.3) is 0 Å². The zero-order chi connectivity index (χ0) is 20.4. The number of aromatic nitrogens is 2. The van der Waals surface area contributed by atoms with Gasteiger partial charge in [0.2, 0.25) is 17.7 Å². The lowest BCUT2D eigenvalue weighted by Crippen LogP contribution is -2.17. The van der Waals surface area contributed by atoms with Crippen LogP contribution in [0.5, 0.6) is 11.5 Å². The molecule has 2 heterocycles. The molecule has 3 aromatic rings. The van der Waals surface area contributed by atoms with Crippen LogP contribution in [0.15, 0.2) is 64.9 Å². The Bertz CT molecular complexity index is 1030. The topological polar surface area (TPSA) is 78.6 Å². The molecule has 1 aliphatic rings. The monoisotopic (exact) mass is 405 g/mol. The Kier molecular flexibility index (Phi) is 4.85. The molecule has 0 unspecified atom stereocenters. The molecule has 1 aliphatic heterocycles. The van der Waals surface area contributed by atoms with E-state index in [9.17, 15) is 13.2 Å². The number of benzene rings is 2. The molecule has 0 spiro atoms. The number of ether oxygens (including phenoxy) is 2. The van der Waals surface area contributed by atoms with Gasteiger partial charge in [0.15, 0.2) is 0 Å². The Morgan fingerprint density at radius 3 is 2.52 bits per heavy atom. The van der Waals surface area contributed by atoms with Crippen LogP contribution in [0.1, 0.15) is 17.6 Å². The van der Waals surface area contributed by atoms with Crippen LogP contribution in [0.2, 0.25) is 0 Å². The summed E-state index contributed by atoms with van der Waals surface area (Å²) in [6.07, 6.45) is -3.61. The van der Waals surface area contributed by atoms with E-state index in [2.05, 4.69) is 20.4 Å². The van der Waals surface area contributed by atoms with Crippen molar-refractivity contribution < 1.29 is 31.9 Å². The molecule has 7 nitrogen and oxygen atoms in total. The van der Waals surface area contributed by atoms with Gasteiger partial charge in [-0.3, -0.25) is 4.84 Å². The third-order valence-corrected chi connectivity index (χ3v) is 3.87. The molecule has 4 rings (SSSR count). The van der Waals surface area contributed by atoms with Gasteiger partial charge in [-0.2, -0.15) is 0 Å². The van der Waals surface area contributed by atoms with E-state index in [1.807, 2.05) is 0 Å². The minimum Gasteiger partial charge on any atom is -0.439 e. The second-order valence-electron chi connectivity index (χ2n) is 6.04. The van der Waals surface area contributed by atoms with Crippen LogP contribution in [-0.2, 0) is 4.84 Å². The van der Waals surface area contributed by atoms with Crippen molar-refractivity contribution >= 4 is 0 Å². The fourth-order valence-electron chi connectivity index (χ4n) is 2.64. The lowest BCUT2D eigenvalue weighted by atomic mass is 10.1. The summed E-state index contributed by atoms with van der Waals surface area (Å²) in [5.41, 5.74) is 3.97. The number of halogens is 3. The summed E-state index contributed by atoms with van der Waals surface area (Å²) >= 11 is 0. The lowest BCUT2D eigenvalue weighted by molar-refractivity contribution is -0.274. The quantitative estimate of drug-likeness (QED) is 0.672. The van der Waals surface area contributed by atoms with Crippen LogP contribution in [0.25, 0.3) is 11.5 Å². The van der Waals surface area contributed by atoms with Crippen LogP contribution >= 0.6 is 0 Å². The van der Waals surface area contributed by atoms with Gasteiger partial charge < -0.3 is 13.9 Å². The third-order valence-electron chi connectivity index (χ3n) is 3.87. The van der Waals surface area contributed by atoms with E-state index in [-0.39, 0.29) is 5.75 Å². The van der Waals surface area contributed by atoms with Crippen LogP contribution in [0, 0.1) is 6.92 Å². The maximum absolute atomic E-state index is 12.2. The van der Waals surface area contributed by atoms with Gasteiger partial charge in [-0.25, -0.2) is 5.48 Å². The maximum atomic E-state index is 12.2. The van der Waals surface area contributed by atoms with Crippen LogP contribution in [-0.4, -0.2) is 16.6 Å². The average molecular weight is 405 g/mol. The second kappa shape index (κ2) is 7.47. The number of hydrogen-bond acceptors (Lipinski definition) is 7. The van der Waals surface area contributed by atoms with Gasteiger partial charge in [-0.15, -0.1) is 23.4 Å². The molecule has 150 valence electrons. The van der Waals surface area contributed by atoms with E-state index < -0.39 is 12.5 Å². The van der Waals surface area contributed by atoms with Gasteiger partial charge in [-0.1, -0.05) is 18.2 Å². The van der Waals surface area contributed by atoms with E-state index in [4.69, 9.17) is 14.0 Å². The molecular formula is C19H14F3N3O4. The Hall–Kier alpha value is -3.53. The summed E-state index contributed by atoms with van der Waals surface area (Å²) in [4.78, 5) is 5.41. The molecule has 0 fully saturated rings. The molecular weight excluding hydrogens is 391 g/mol. The van der Waals surface area contributed by atoms with Crippen molar-refractivity contribution in [2.75, 3.05) is 0 Å². The summed E-state index contributed by atoms with van der Waals surface area (Å²) < 4.78 is 51.7. The predicted molar refractivity (Wildman–Crippen MR) is 93.3 cm³/mol. The van der Waals surface area contributed by atoms with Crippen LogP contribution < -0.4 is 15.0 Å². The SMILES string of the molecule is Cc1nnc(-c2cccc(OC3=C[C@@H](c4ccc(OC(F)(F)F)cc4)ON3)c2)o1. The first-order valence-electron chi connectivity index (χ1n) is 8.43. The highest BCUT2D eigenvalue weighted by atomic mass is 19.4. The van der Waals surface area contributed by atoms with Gasteiger partial charge in [0.1, 0.15) is 17.6 Å². The van der Waals surface area contributed by atoms with Gasteiger partial charge in [0, 0.05) is 18.6 Å². The summed E-state index contributed by atoms with van der Waals surface area (Å²) in [7, 11) is 0. The summed E-state index contributed by atoms with van der Waals surface area (Å²) in [6, 6.07) is 12.4. The van der Waals surface area contributed by atoms with Gasteiger partial charge in [0.05, 0.1) is 0 Å². The average Bonchev–Trinajstić information content (AvgIpc) is 3.31. The number of alkyl halides is 3. The Balaban J connectivity index is 1.44. The highest BCUT2D eigenvalue weighted by Crippen LogP contribution is 2.30. The molecule has 0 bridgehead atoms. The number of nitrogens with zero attached hydrogens (tertiary/aromatic N) is 2. The number of aryl methyl sites for hydroxylation is 1. The van der Waals surface area contributed by atoms with Crippen molar-refractivity contribution in [3.8, 4) is 23.0 Å². The molecule has 1 atom stereocenters. The molecule has 2 aromatic carbocycles. The molecule has 1 aromatic heterocycles. The Morgan fingerprint density at radius 1 is 1.03 bits per heavy atom. The first-order valence-corrected chi connectivity index (χ1v) is 8.43. The van der Waals surface area contributed by atoms with E-state index in [1.54, 1.807) is 37.3 Å². The normalized spacial score (nSPS) is 16.3. The zero-order valence-electron chi connectivity index (χ0n) is 14.9. The second-order valence-corrected chi connectivity index (χ2v) is 6.04. The van der Waals surface area contributed by atoms with Crippen molar-refractivity contribution in [2.45, 2.75) is 19.4 Å². The molecule has 29 heavy (non-hydrogen) atoms. The fourth-order valence-corrected chi connectivity index (χ4v) is 2.64.